The second-order valence-electron chi connectivity index (χ2n) is 6.15. The third kappa shape index (κ3) is 1.95. The second kappa shape index (κ2) is 4.80. The molecule has 0 aromatic rings. The standard InChI is InChI=1S/C15H21ClO2/c1-9(2)11-7-15(3)10(8-16)5-4-6-12(15)14(18)13(11)17/h7,9-10,12H,4-6,8H2,1-3H3. The van der Waals surface area contributed by atoms with Crippen molar-refractivity contribution in [1.29, 1.82) is 0 Å². The molecule has 0 aromatic heterocycles. The van der Waals surface area contributed by atoms with Crippen molar-refractivity contribution in [2.24, 2.45) is 23.2 Å². The summed E-state index contributed by atoms with van der Waals surface area (Å²) in [4.78, 5) is 24.4. The Morgan fingerprint density at radius 2 is 2.06 bits per heavy atom. The molecule has 0 radical (unpaired) electrons. The summed E-state index contributed by atoms with van der Waals surface area (Å²) in [5.74, 6) is 0.392. The van der Waals surface area contributed by atoms with Crippen LogP contribution in [-0.4, -0.2) is 17.4 Å². The molecule has 3 heteroatoms. The van der Waals surface area contributed by atoms with E-state index >= 15 is 0 Å². The van der Waals surface area contributed by atoms with E-state index in [1.54, 1.807) is 0 Å². The highest BCUT2D eigenvalue weighted by Gasteiger charge is 2.50. The van der Waals surface area contributed by atoms with E-state index in [2.05, 4.69) is 13.0 Å². The number of fused-ring (bicyclic) bond motifs is 1. The van der Waals surface area contributed by atoms with Crippen molar-refractivity contribution in [3.8, 4) is 0 Å². The zero-order valence-corrected chi connectivity index (χ0v) is 12.1. The predicted molar refractivity (Wildman–Crippen MR) is 72.6 cm³/mol. The third-order valence-electron chi connectivity index (χ3n) is 4.75. The second-order valence-corrected chi connectivity index (χ2v) is 6.46. The van der Waals surface area contributed by atoms with E-state index in [1.807, 2.05) is 13.8 Å². The Balaban J connectivity index is 2.50. The minimum atomic E-state index is -0.261. The van der Waals surface area contributed by atoms with Gasteiger partial charge >= 0.3 is 0 Å². The van der Waals surface area contributed by atoms with Crippen LogP contribution < -0.4 is 0 Å². The van der Waals surface area contributed by atoms with Crippen LogP contribution in [0.25, 0.3) is 0 Å². The molecule has 2 nitrogen and oxygen atoms in total. The molecule has 3 unspecified atom stereocenters. The lowest BCUT2D eigenvalue weighted by Crippen LogP contribution is -2.48. The molecule has 0 aliphatic heterocycles. The van der Waals surface area contributed by atoms with Gasteiger partial charge in [0.25, 0.3) is 0 Å². The summed E-state index contributed by atoms with van der Waals surface area (Å²) in [6, 6.07) is 0. The predicted octanol–water partition coefficient (Wildman–Crippen LogP) is 3.38. The molecule has 0 spiro atoms. The maximum Gasteiger partial charge on any atom is 0.224 e. The van der Waals surface area contributed by atoms with Crippen LogP contribution in [0.3, 0.4) is 0 Å². The number of allylic oxidation sites excluding steroid dienone is 2. The maximum atomic E-state index is 12.3. The molecular weight excluding hydrogens is 248 g/mol. The van der Waals surface area contributed by atoms with E-state index in [0.717, 1.165) is 19.3 Å². The van der Waals surface area contributed by atoms with Gasteiger partial charge in [0.05, 0.1) is 0 Å². The lowest BCUT2D eigenvalue weighted by Gasteiger charge is -2.47. The summed E-state index contributed by atoms with van der Waals surface area (Å²) in [6.45, 7) is 6.05. The highest BCUT2D eigenvalue weighted by atomic mass is 35.5. The fourth-order valence-corrected chi connectivity index (χ4v) is 3.97. The largest absolute Gasteiger partial charge is 0.290 e. The number of rotatable bonds is 2. The van der Waals surface area contributed by atoms with Gasteiger partial charge in [0, 0.05) is 22.8 Å². The van der Waals surface area contributed by atoms with Crippen molar-refractivity contribution in [2.45, 2.75) is 40.0 Å². The molecule has 2 aliphatic carbocycles. The van der Waals surface area contributed by atoms with E-state index in [0.29, 0.717) is 17.4 Å². The molecule has 0 heterocycles. The number of halogens is 1. The van der Waals surface area contributed by atoms with Crippen LogP contribution >= 0.6 is 11.6 Å². The summed E-state index contributed by atoms with van der Waals surface area (Å²) in [5.41, 5.74) is 0.473. The van der Waals surface area contributed by atoms with Gasteiger partial charge in [-0.1, -0.05) is 33.3 Å². The van der Waals surface area contributed by atoms with Gasteiger partial charge in [0.15, 0.2) is 0 Å². The van der Waals surface area contributed by atoms with E-state index < -0.39 is 0 Å². The molecule has 0 N–H and O–H groups in total. The SMILES string of the molecule is CC(C)C1=CC2(C)C(CCl)CCCC2C(=O)C1=O. The number of carbonyl (C=O) groups is 2. The molecule has 0 bridgehead atoms. The number of hydrogen-bond donors (Lipinski definition) is 0. The summed E-state index contributed by atoms with van der Waals surface area (Å²) in [6.07, 6.45) is 4.95. The van der Waals surface area contributed by atoms with Crippen molar-refractivity contribution in [3.05, 3.63) is 11.6 Å². The highest BCUT2D eigenvalue weighted by Crippen LogP contribution is 2.50. The van der Waals surface area contributed by atoms with Crippen LogP contribution in [0, 0.1) is 23.2 Å². The van der Waals surface area contributed by atoms with E-state index in [-0.39, 0.29) is 28.8 Å². The first-order valence-electron chi connectivity index (χ1n) is 6.79. The Morgan fingerprint density at radius 3 is 2.61 bits per heavy atom. The molecule has 3 atom stereocenters. The molecule has 2 rings (SSSR count). The quantitative estimate of drug-likeness (QED) is 0.568. The van der Waals surface area contributed by atoms with Gasteiger partial charge < -0.3 is 0 Å². The lowest BCUT2D eigenvalue weighted by molar-refractivity contribution is -0.142. The third-order valence-corrected chi connectivity index (χ3v) is 5.13. The van der Waals surface area contributed by atoms with Gasteiger partial charge in [-0.05, 0) is 24.7 Å². The van der Waals surface area contributed by atoms with Crippen LogP contribution in [0.5, 0.6) is 0 Å². The van der Waals surface area contributed by atoms with Crippen molar-refractivity contribution >= 4 is 23.2 Å². The number of ketones is 2. The van der Waals surface area contributed by atoms with Crippen molar-refractivity contribution in [3.63, 3.8) is 0 Å². The monoisotopic (exact) mass is 268 g/mol. The number of alkyl halides is 1. The van der Waals surface area contributed by atoms with Gasteiger partial charge in [0.1, 0.15) is 0 Å². The van der Waals surface area contributed by atoms with Crippen molar-refractivity contribution in [1.82, 2.24) is 0 Å². The van der Waals surface area contributed by atoms with Crippen LogP contribution in [0.1, 0.15) is 40.0 Å². The van der Waals surface area contributed by atoms with Gasteiger partial charge in [-0.2, -0.15) is 0 Å². The normalized spacial score (nSPS) is 36.6. The van der Waals surface area contributed by atoms with E-state index in [1.165, 1.54) is 0 Å². The summed E-state index contributed by atoms with van der Waals surface area (Å²) in [5, 5.41) is 0. The molecule has 18 heavy (non-hydrogen) atoms. The first-order chi connectivity index (χ1) is 8.41. The maximum absolute atomic E-state index is 12.3. The molecule has 2 aliphatic rings. The first kappa shape index (κ1) is 13.8. The zero-order valence-electron chi connectivity index (χ0n) is 11.3. The fourth-order valence-electron chi connectivity index (χ4n) is 3.48. The summed E-state index contributed by atoms with van der Waals surface area (Å²) in [7, 11) is 0. The molecule has 0 amide bonds. The highest BCUT2D eigenvalue weighted by molar-refractivity contribution is 6.45. The van der Waals surface area contributed by atoms with Crippen LogP contribution in [0.4, 0.5) is 0 Å². The van der Waals surface area contributed by atoms with Crippen molar-refractivity contribution < 1.29 is 9.59 Å². The van der Waals surface area contributed by atoms with Crippen molar-refractivity contribution in [2.75, 3.05) is 5.88 Å². The molecule has 1 saturated carbocycles. The summed E-state index contributed by atoms with van der Waals surface area (Å²) >= 11 is 6.08. The van der Waals surface area contributed by atoms with Crippen LogP contribution in [0.2, 0.25) is 0 Å². The Bertz CT molecular complexity index is 411. The molecule has 0 saturated heterocycles. The number of carbonyl (C=O) groups excluding carboxylic acids is 2. The van der Waals surface area contributed by atoms with Gasteiger partial charge in [-0.15, -0.1) is 11.6 Å². The van der Waals surface area contributed by atoms with E-state index in [4.69, 9.17) is 11.6 Å². The van der Waals surface area contributed by atoms with Gasteiger partial charge in [0.2, 0.25) is 11.6 Å². The van der Waals surface area contributed by atoms with Gasteiger partial charge in [-0.3, -0.25) is 9.59 Å². The average Bonchev–Trinajstić information content (AvgIpc) is 2.33. The minimum Gasteiger partial charge on any atom is -0.290 e. The zero-order chi connectivity index (χ0) is 13.5. The molecule has 100 valence electrons. The Kier molecular flexibility index (Phi) is 3.68. The Labute approximate surface area is 114 Å². The Hall–Kier alpha value is -0.630. The molecule has 0 aromatic carbocycles. The summed E-state index contributed by atoms with van der Waals surface area (Å²) < 4.78 is 0. The molecular formula is C15H21ClO2. The van der Waals surface area contributed by atoms with Gasteiger partial charge in [-0.25, -0.2) is 0 Å². The fraction of sp³-hybridized carbons (Fsp3) is 0.733. The van der Waals surface area contributed by atoms with E-state index in [9.17, 15) is 9.59 Å². The number of Topliss-reactive ketones (excluding diaryl/α,β-unsaturated/α-hetero) is 2. The minimum absolute atomic E-state index is 0.108. The Morgan fingerprint density at radius 1 is 1.39 bits per heavy atom. The number of hydrogen-bond acceptors (Lipinski definition) is 2. The lowest BCUT2D eigenvalue weighted by atomic mass is 9.56. The van der Waals surface area contributed by atoms with Crippen LogP contribution in [0.15, 0.2) is 11.6 Å². The average molecular weight is 269 g/mol. The van der Waals surface area contributed by atoms with Crippen LogP contribution in [-0.2, 0) is 9.59 Å². The smallest absolute Gasteiger partial charge is 0.224 e. The topological polar surface area (TPSA) is 34.1 Å². The molecule has 1 fully saturated rings. The first-order valence-corrected chi connectivity index (χ1v) is 7.32.